The lowest BCUT2D eigenvalue weighted by Gasteiger charge is -2.28. The maximum Gasteiger partial charge on any atom is 0.112 e. The summed E-state index contributed by atoms with van der Waals surface area (Å²) in [6.45, 7) is 2.10. The van der Waals surface area contributed by atoms with Crippen LogP contribution in [0.1, 0.15) is 17.5 Å². The van der Waals surface area contributed by atoms with Crippen molar-refractivity contribution < 1.29 is 0 Å². The van der Waals surface area contributed by atoms with Gasteiger partial charge in [-0.15, -0.1) is 0 Å². The zero-order valence-electron chi connectivity index (χ0n) is 17.9. The highest BCUT2D eigenvalue weighted by atomic mass is 31.2. The van der Waals surface area contributed by atoms with E-state index in [0.717, 1.165) is 23.9 Å². The molecule has 0 aromatic heterocycles. The van der Waals surface area contributed by atoms with Crippen molar-refractivity contribution in [2.24, 2.45) is 10.9 Å². The van der Waals surface area contributed by atoms with Gasteiger partial charge < -0.3 is 5.84 Å². The molecule has 0 unspecified atom stereocenters. The normalized spacial score (nSPS) is 12.0. The summed E-state index contributed by atoms with van der Waals surface area (Å²) >= 11 is 0. The van der Waals surface area contributed by atoms with Gasteiger partial charge in [0.1, 0.15) is 23.2 Å². The first-order chi connectivity index (χ1) is 15.2. The molecule has 0 aliphatic rings. The Bertz CT molecular complexity index is 1030. The molecular weight excluding hydrogens is 395 g/mol. The number of aryl methyl sites for hydroxylation is 1. The van der Waals surface area contributed by atoms with Crippen LogP contribution in [0.2, 0.25) is 0 Å². The van der Waals surface area contributed by atoms with E-state index in [1.54, 1.807) is 0 Å². The molecule has 2 N–H and O–H groups in total. The van der Waals surface area contributed by atoms with Crippen LogP contribution in [0.4, 0.5) is 0 Å². The van der Waals surface area contributed by atoms with Crippen molar-refractivity contribution in [1.82, 2.24) is 0 Å². The van der Waals surface area contributed by atoms with Gasteiger partial charge in [0, 0.05) is 6.42 Å². The number of benzene rings is 4. The Morgan fingerprint density at radius 1 is 0.645 bits per heavy atom. The molecule has 154 valence electrons. The van der Waals surface area contributed by atoms with Crippen LogP contribution in [0, 0.1) is 6.92 Å². The zero-order chi connectivity index (χ0) is 21.5. The van der Waals surface area contributed by atoms with E-state index < -0.39 is 7.26 Å². The SMILES string of the molecule is Cc1ccc(/C(CC[P+](c2ccccc2)(c2ccccc2)c2ccccc2)=N/N)cc1. The number of nitrogens with two attached hydrogens (primary N) is 1. The van der Waals surface area contributed by atoms with Crippen molar-refractivity contribution >= 4 is 28.9 Å². The summed E-state index contributed by atoms with van der Waals surface area (Å²) in [6.07, 6.45) is 1.78. The van der Waals surface area contributed by atoms with Gasteiger partial charge in [-0.05, 0) is 48.9 Å². The lowest BCUT2D eigenvalue weighted by atomic mass is 10.1. The Morgan fingerprint density at radius 2 is 1.06 bits per heavy atom. The Balaban J connectivity index is 1.83. The van der Waals surface area contributed by atoms with E-state index in [1.807, 2.05) is 0 Å². The molecule has 4 aromatic rings. The van der Waals surface area contributed by atoms with Gasteiger partial charge in [0.05, 0.1) is 11.9 Å². The van der Waals surface area contributed by atoms with Crippen molar-refractivity contribution in [3.8, 4) is 0 Å². The van der Waals surface area contributed by atoms with E-state index in [4.69, 9.17) is 5.84 Å². The third-order valence-electron chi connectivity index (χ3n) is 5.82. The number of nitrogens with zero attached hydrogens (tertiary/aromatic N) is 1. The van der Waals surface area contributed by atoms with E-state index in [2.05, 4.69) is 127 Å². The molecule has 0 atom stereocenters. The summed E-state index contributed by atoms with van der Waals surface area (Å²) in [5.41, 5.74) is 3.28. The molecule has 0 spiro atoms. The predicted octanol–water partition coefficient (Wildman–Crippen LogP) is 5.04. The molecular formula is C28H28N2P+. The van der Waals surface area contributed by atoms with E-state index in [0.29, 0.717) is 0 Å². The lowest BCUT2D eigenvalue weighted by Crippen LogP contribution is -2.34. The first-order valence-electron chi connectivity index (χ1n) is 10.6. The van der Waals surface area contributed by atoms with Crippen molar-refractivity contribution in [3.05, 3.63) is 126 Å². The summed E-state index contributed by atoms with van der Waals surface area (Å²) in [6, 6.07) is 41.3. The highest BCUT2D eigenvalue weighted by Gasteiger charge is 2.45. The molecule has 2 nitrogen and oxygen atoms in total. The molecule has 0 aliphatic heterocycles. The molecule has 4 aromatic carbocycles. The van der Waals surface area contributed by atoms with Gasteiger partial charge in [-0.1, -0.05) is 84.4 Å². The monoisotopic (exact) mass is 423 g/mol. The third kappa shape index (κ3) is 4.45. The molecule has 0 saturated carbocycles. The first kappa shape index (κ1) is 21.0. The maximum atomic E-state index is 5.89. The second-order valence-electron chi connectivity index (χ2n) is 7.73. The van der Waals surface area contributed by atoms with Crippen LogP contribution in [0.25, 0.3) is 0 Å². The summed E-state index contributed by atoms with van der Waals surface area (Å²) < 4.78 is 0. The number of hydrazone groups is 1. The summed E-state index contributed by atoms with van der Waals surface area (Å²) in [7, 11) is -1.89. The number of hydrogen-bond acceptors (Lipinski definition) is 2. The summed E-state index contributed by atoms with van der Waals surface area (Å²) in [5.74, 6) is 5.89. The van der Waals surface area contributed by atoms with E-state index in [-0.39, 0.29) is 0 Å². The van der Waals surface area contributed by atoms with Gasteiger partial charge >= 0.3 is 0 Å². The van der Waals surface area contributed by atoms with Gasteiger partial charge in [-0.25, -0.2) is 0 Å². The zero-order valence-corrected chi connectivity index (χ0v) is 18.8. The Hall–Kier alpha value is -3.22. The Kier molecular flexibility index (Phi) is 6.60. The van der Waals surface area contributed by atoms with Gasteiger partial charge in [-0.3, -0.25) is 0 Å². The Labute approximate surface area is 185 Å². The minimum absolute atomic E-state index is 0.812. The fraction of sp³-hybridized carbons (Fsp3) is 0.107. The minimum Gasteiger partial charge on any atom is -0.323 e. The van der Waals surface area contributed by atoms with E-state index in [9.17, 15) is 0 Å². The highest BCUT2D eigenvalue weighted by molar-refractivity contribution is 7.95. The van der Waals surface area contributed by atoms with Crippen LogP contribution in [-0.2, 0) is 0 Å². The predicted molar refractivity (Wildman–Crippen MR) is 137 cm³/mol. The fourth-order valence-electron chi connectivity index (χ4n) is 4.18. The molecule has 0 radical (unpaired) electrons. The summed E-state index contributed by atoms with van der Waals surface area (Å²) in [5, 5.41) is 8.35. The molecule has 31 heavy (non-hydrogen) atoms. The lowest BCUT2D eigenvalue weighted by molar-refractivity contribution is 1.17. The summed E-state index contributed by atoms with van der Waals surface area (Å²) in [4.78, 5) is 0. The molecule has 0 fully saturated rings. The van der Waals surface area contributed by atoms with Crippen LogP contribution in [0.3, 0.4) is 0 Å². The maximum absolute atomic E-state index is 5.89. The molecule has 3 heteroatoms. The topological polar surface area (TPSA) is 38.4 Å². The quantitative estimate of drug-likeness (QED) is 0.192. The van der Waals surface area contributed by atoms with Gasteiger partial charge in [0.15, 0.2) is 0 Å². The van der Waals surface area contributed by atoms with Gasteiger partial charge in [0.2, 0.25) is 0 Å². The van der Waals surface area contributed by atoms with Crippen LogP contribution in [-0.4, -0.2) is 11.9 Å². The van der Waals surface area contributed by atoms with E-state index >= 15 is 0 Å². The standard InChI is InChI=1S/C28H28N2P/c1-23-17-19-24(20-18-23)28(30-29)21-22-31(25-11-5-2-6-12-25,26-13-7-3-8-14-26)27-15-9-4-10-16-27/h2-20H,21-22,29H2,1H3/q+1/b30-28+. The van der Waals surface area contributed by atoms with Crippen LogP contribution in [0.15, 0.2) is 120 Å². The van der Waals surface area contributed by atoms with Crippen LogP contribution < -0.4 is 21.8 Å². The average molecular weight is 424 g/mol. The van der Waals surface area contributed by atoms with E-state index in [1.165, 1.54) is 21.5 Å². The smallest absolute Gasteiger partial charge is 0.112 e. The van der Waals surface area contributed by atoms with Gasteiger partial charge in [-0.2, -0.15) is 5.10 Å². The Morgan fingerprint density at radius 3 is 1.45 bits per heavy atom. The van der Waals surface area contributed by atoms with Crippen LogP contribution in [0.5, 0.6) is 0 Å². The third-order valence-corrected chi connectivity index (χ3v) is 10.2. The largest absolute Gasteiger partial charge is 0.323 e. The number of rotatable bonds is 7. The molecule has 0 amide bonds. The van der Waals surface area contributed by atoms with Crippen molar-refractivity contribution in [3.63, 3.8) is 0 Å². The highest BCUT2D eigenvalue weighted by Crippen LogP contribution is 2.55. The average Bonchev–Trinajstić information content (AvgIpc) is 2.85. The molecule has 4 rings (SSSR count). The first-order valence-corrected chi connectivity index (χ1v) is 12.6. The minimum atomic E-state index is -1.89. The van der Waals surface area contributed by atoms with Crippen molar-refractivity contribution in [1.29, 1.82) is 0 Å². The number of hydrogen-bond donors (Lipinski definition) is 1. The fourth-order valence-corrected chi connectivity index (χ4v) is 8.44. The van der Waals surface area contributed by atoms with Crippen molar-refractivity contribution in [2.75, 3.05) is 6.16 Å². The van der Waals surface area contributed by atoms with Crippen LogP contribution >= 0.6 is 7.26 Å². The van der Waals surface area contributed by atoms with Gasteiger partial charge in [0.25, 0.3) is 0 Å². The molecule has 0 heterocycles. The molecule has 0 saturated heterocycles. The molecule has 0 aliphatic carbocycles. The van der Waals surface area contributed by atoms with Crippen molar-refractivity contribution in [2.45, 2.75) is 13.3 Å². The second kappa shape index (κ2) is 9.73. The molecule has 0 bridgehead atoms. The second-order valence-corrected chi connectivity index (χ2v) is 11.3.